The summed E-state index contributed by atoms with van der Waals surface area (Å²) in [6, 6.07) is 13.2. The normalized spacial score (nSPS) is 12.0. The number of nitrogens with one attached hydrogen (secondary N) is 3. The SMILES string of the molecule is Cc1cnc(Nc2ccc(S(N)(=O)=O)cc2)nc1Nc1ccc(CNS(=O)(=O)N(C)C)cc1. The topological polar surface area (TPSA) is 159 Å². The van der Waals surface area contributed by atoms with Crippen molar-refractivity contribution in [1.29, 1.82) is 0 Å². The van der Waals surface area contributed by atoms with Gasteiger partial charge in [-0.25, -0.2) is 18.5 Å². The Labute approximate surface area is 193 Å². The van der Waals surface area contributed by atoms with Crippen LogP contribution in [0.15, 0.2) is 59.6 Å². The number of benzene rings is 2. The van der Waals surface area contributed by atoms with Gasteiger partial charge in [0, 0.05) is 43.8 Å². The first-order chi connectivity index (χ1) is 15.4. The number of primary sulfonamides is 1. The molecule has 176 valence electrons. The second kappa shape index (κ2) is 9.80. The Bertz CT molecular complexity index is 1330. The summed E-state index contributed by atoms with van der Waals surface area (Å²) < 4.78 is 50.0. The zero-order chi connectivity index (χ0) is 24.2. The summed E-state index contributed by atoms with van der Waals surface area (Å²) in [6.07, 6.45) is 1.65. The van der Waals surface area contributed by atoms with E-state index in [0.717, 1.165) is 21.1 Å². The average molecular weight is 492 g/mol. The van der Waals surface area contributed by atoms with E-state index < -0.39 is 20.2 Å². The number of aromatic nitrogens is 2. The third-order valence-corrected chi connectivity index (χ3v) is 6.97. The second-order valence-electron chi connectivity index (χ2n) is 7.35. The van der Waals surface area contributed by atoms with E-state index in [1.807, 2.05) is 31.2 Å². The van der Waals surface area contributed by atoms with Crippen molar-refractivity contribution in [1.82, 2.24) is 19.0 Å². The van der Waals surface area contributed by atoms with Crippen molar-refractivity contribution >= 4 is 43.4 Å². The van der Waals surface area contributed by atoms with Crippen LogP contribution in [0, 0.1) is 6.92 Å². The van der Waals surface area contributed by atoms with Crippen molar-refractivity contribution in [2.24, 2.45) is 5.14 Å². The molecule has 0 atom stereocenters. The number of nitrogens with zero attached hydrogens (tertiary/aromatic N) is 3. The van der Waals surface area contributed by atoms with Gasteiger partial charge in [0.25, 0.3) is 10.2 Å². The van der Waals surface area contributed by atoms with Crippen LogP contribution in [0.4, 0.5) is 23.1 Å². The van der Waals surface area contributed by atoms with Crippen LogP contribution in [0.5, 0.6) is 0 Å². The molecule has 0 saturated carbocycles. The molecule has 0 aliphatic rings. The first-order valence-electron chi connectivity index (χ1n) is 9.71. The van der Waals surface area contributed by atoms with Crippen LogP contribution in [0.2, 0.25) is 0 Å². The van der Waals surface area contributed by atoms with Gasteiger partial charge in [-0.05, 0) is 48.9 Å². The fourth-order valence-corrected chi connectivity index (χ4v) is 3.75. The van der Waals surface area contributed by atoms with Crippen LogP contribution in [0.25, 0.3) is 0 Å². The van der Waals surface area contributed by atoms with Crippen LogP contribution in [0.3, 0.4) is 0 Å². The van der Waals surface area contributed by atoms with Gasteiger partial charge >= 0.3 is 0 Å². The molecule has 0 aliphatic carbocycles. The van der Waals surface area contributed by atoms with Gasteiger partial charge in [-0.2, -0.15) is 22.4 Å². The van der Waals surface area contributed by atoms with E-state index in [4.69, 9.17) is 5.14 Å². The highest BCUT2D eigenvalue weighted by Crippen LogP contribution is 2.22. The van der Waals surface area contributed by atoms with Crippen LogP contribution in [-0.2, 0) is 26.8 Å². The molecule has 0 bridgehead atoms. The van der Waals surface area contributed by atoms with E-state index in [-0.39, 0.29) is 11.4 Å². The summed E-state index contributed by atoms with van der Waals surface area (Å²) in [5.74, 6) is 0.899. The van der Waals surface area contributed by atoms with Gasteiger partial charge in [-0.3, -0.25) is 0 Å². The Morgan fingerprint density at radius 3 is 2.06 bits per heavy atom. The lowest BCUT2D eigenvalue weighted by atomic mass is 10.2. The standard InChI is InChI=1S/C20H25N7O4S2/c1-14-12-22-20(25-17-8-10-18(11-9-17)32(21,28)29)26-19(14)24-16-6-4-15(5-7-16)13-23-33(30,31)27(2)3/h4-12,23H,13H2,1-3H3,(H2,21,28,29)(H2,22,24,25,26). The van der Waals surface area contributed by atoms with Crippen LogP contribution in [0.1, 0.15) is 11.1 Å². The lowest BCUT2D eigenvalue weighted by Gasteiger charge is -2.13. The molecule has 2 aromatic carbocycles. The van der Waals surface area contributed by atoms with Crippen molar-refractivity contribution in [3.05, 3.63) is 65.9 Å². The van der Waals surface area contributed by atoms with Gasteiger partial charge in [-0.1, -0.05) is 12.1 Å². The van der Waals surface area contributed by atoms with Gasteiger partial charge < -0.3 is 10.6 Å². The van der Waals surface area contributed by atoms with Crippen LogP contribution >= 0.6 is 0 Å². The summed E-state index contributed by atoms with van der Waals surface area (Å²) >= 11 is 0. The monoisotopic (exact) mass is 491 g/mol. The molecule has 11 nitrogen and oxygen atoms in total. The van der Waals surface area contributed by atoms with E-state index in [1.165, 1.54) is 26.2 Å². The zero-order valence-electron chi connectivity index (χ0n) is 18.3. The van der Waals surface area contributed by atoms with Crippen molar-refractivity contribution in [3.8, 4) is 0 Å². The quantitative estimate of drug-likeness (QED) is 0.353. The van der Waals surface area contributed by atoms with E-state index in [9.17, 15) is 16.8 Å². The van der Waals surface area contributed by atoms with Crippen molar-refractivity contribution < 1.29 is 16.8 Å². The minimum absolute atomic E-state index is 0.0122. The van der Waals surface area contributed by atoms with Crippen molar-refractivity contribution in [2.75, 3.05) is 24.7 Å². The minimum atomic E-state index is -3.76. The number of aryl methyl sites for hydroxylation is 1. The van der Waals surface area contributed by atoms with E-state index in [2.05, 4.69) is 25.3 Å². The fraction of sp³-hybridized carbons (Fsp3) is 0.200. The van der Waals surface area contributed by atoms with Gasteiger partial charge in [0.05, 0.1) is 4.90 Å². The maximum absolute atomic E-state index is 11.8. The Morgan fingerprint density at radius 2 is 1.48 bits per heavy atom. The minimum Gasteiger partial charge on any atom is -0.340 e. The predicted octanol–water partition coefficient (Wildman–Crippen LogP) is 1.82. The molecule has 0 unspecified atom stereocenters. The molecule has 0 fully saturated rings. The lowest BCUT2D eigenvalue weighted by Crippen LogP contribution is -2.35. The predicted molar refractivity (Wildman–Crippen MR) is 127 cm³/mol. The van der Waals surface area contributed by atoms with E-state index in [0.29, 0.717) is 17.5 Å². The van der Waals surface area contributed by atoms with Gasteiger partial charge in [0.15, 0.2) is 0 Å². The molecule has 0 spiro atoms. The maximum atomic E-state index is 11.8. The zero-order valence-corrected chi connectivity index (χ0v) is 19.9. The summed E-state index contributed by atoms with van der Waals surface area (Å²) in [5, 5.41) is 11.3. The van der Waals surface area contributed by atoms with Crippen LogP contribution < -0.4 is 20.5 Å². The Balaban J connectivity index is 1.68. The molecule has 3 rings (SSSR count). The third kappa shape index (κ3) is 6.69. The molecule has 1 heterocycles. The van der Waals surface area contributed by atoms with E-state index in [1.54, 1.807) is 18.3 Å². The largest absolute Gasteiger partial charge is 0.340 e. The molecule has 0 aliphatic heterocycles. The summed E-state index contributed by atoms with van der Waals surface area (Å²) in [4.78, 5) is 8.73. The molecule has 13 heteroatoms. The highest BCUT2D eigenvalue weighted by molar-refractivity contribution is 7.89. The summed E-state index contributed by atoms with van der Waals surface area (Å²) in [5.41, 5.74) is 2.98. The number of hydrogen-bond acceptors (Lipinski definition) is 8. The molecule has 0 radical (unpaired) electrons. The maximum Gasteiger partial charge on any atom is 0.279 e. The Kier molecular flexibility index (Phi) is 7.29. The molecule has 5 N–H and O–H groups in total. The molecule has 1 aromatic heterocycles. The van der Waals surface area contributed by atoms with Crippen molar-refractivity contribution in [3.63, 3.8) is 0 Å². The summed E-state index contributed by atoms with van der Waals surface area (Å²) in [6.45, 7) is 2.03. The van der Waals surface area contributed by atoms with Crippen LogP contribution in [-0.4, -0.2) is 45.2 Å². The lowest BCUT2D eigenvalue weighted by molar-refractivity contribution is 0.505. The first-order valence-corrected chi connectivity index (χ1v) is 12.7. The van der Waals surface area contributed by atoms with E-state index >= 15 is 0 Å². The molecule has 0 saturated heterocycles. The summed E-state index contributed by atoms with van der Waals surface area (Å²) in [7, 11) is -4.33. The number of nitrogens with two attached hydrogens (primary N) is 1. The fourth-order valence-electron chi connectivity index (χ4n) is 2.63. The van der Waals surface area contributed by atoms with Crippen molar-refractivity contribution in [2.45, 2.75) is 18.4 Å². The third-order valence-electron chi connectivity index (χ3n) is 4.57. The number of sulfonamides is 1. The molecule has 33 heavy (non-hydrogen) atoms. The number of anilines is 4. The second-order valence-corrected chi connectivity index (χ2v) is 10.9. The highest BCUT2D eigenvalue weighted by atomic mass is 32.2. The molecule has 3 aromatic rings. The smallest absolute Gasteiger partial charge is 0.279 e. The average Bonchev–Trinajstić information content (AvgIpc) is 2.75. The number of hydrogen-bond donors (Lipinski definition) is 4. The highest BCUT2D eigenvalue weighted by Gasteiger charge is 2.12. The first kappa shape index (κ1) is 24.5. The molecular weight excluding hydrogens is 466 g/mol. The van der Waals surface area contributed by atoms with Gasteiger partial charge in [0.2, 0.25) is 16.0 Å². The Hall–Kier alpha value is -3.10. The van der Waals surface area contributed by atoms with Gasteiger partial charge in [0.1, 0.15) is 5.82 Å². The number of rotatable bonds is 9. The Morgan fingerprint density at radius 1 is 0.909 bits per heavy atom. The molecular formula is C20H25N7O4S2. The van der Waals surface area contributed by atoms with Gasteiger partial charge in [-0.15, -0.1) is 0 Å². The molecule has 0 amide bonds.